The average molecular weight is 443 g/mol. The Morgan fingerprint density at radius 2 is 1.93 bits per heavy atom. The van der Waals surface area contributed by atoms with E-state index in [1.165, 1.54) is 17.5 Å². The second kappa shape index (κ2) is 8.17. The number of H-pyrrole nitrogens is 1. The van der Waals surface area contributed by atoms with Gasteiger partial charge >= 0.3 is 11.7 Å². The van der Waals surface area contributed by atoms with Crippen LogP contribution in [-0.4, -0.2) is 27.2 Å². The molecule has 0 fully saturated rings. The molecule has 7 nitrogen and oxygen atoms in total. The van der Waals surface area contributed by atoms with Crippen molar-refractivity contribution >= 4 is 39.8 Å². The van der Waals surface area contributed by atoms with E-state index in [0.29, 0.717) is 18.8 Å². The molecule has 0 aliphatic carbocycles. The maximum Gasteiger partial charge on any atom is 0.346 e. The molecule has 0 amide bonds. The summed E-state index contributed by atoms with van der Waals surface area (Å²) in [5, 5.41) is 10.9. The normalized spacial score (nSPS) is 11.0. The van der Waals surface area contributed by atoms with Crippen molar-refractivity contribution in [3.05, 3.63) is 90.2 Å². The summed E-state index contributed by atoms with van der Waals surface area (Å²) < 4.78 is 6.59. The first kappa shape index (κ1) is 19.9. The number of benzene rings is 2. The second-order valence-corrected chi connectivity index (χ2v) is 7.71. The Morgan fingerprint density at radius 1 is 1.17 bits per heavy atom. The van der Waals surface area contributed by atoms with E-state index < -0.39 is 17.2 Å². The van der Waals surface area contributed by atoms with Crippen molar-refractivity contribution in [1.29, 1.82) is 0 Å². The Labute approximate surface area is 178 Å². The monoisotopic (exact) mass is 442 g/mol. The van der Waals surface area contributed by atoms with Crippen LogP contribution in [0.25, 0.3) is 16.6 Å². The molecule has 0 bridgehead atoms. The minimum Gasteiger partial charge on any atom is -0.493 e. The van der Waals surface area contributed by atoms with Gasteiger partial charge in [0.05, 0.1) is 28.2 Å². The predicted octanol–water partition coefficient (Wildman–Crippen LogP) is 3.71. The zero-order valence-electron chi connectivity index (χ0n) is 15.4. The molecule has 0 saturated heterocycles. The van der Waals surface area contributed by atoms with Crippen LogP contribution in [0.3, 0.4) is 0 Å². The van der Waals surface area contributed by atoms with Gasteiger partial charge in [0.2, 0.25) is 0 Å². The zero-order chi connectivity index (χ0) is 21.3. The van der Waals surface area contributed by atoms with Gasteiger partial charge in [-0.25, -0.2) is 14.2 Å². The van der Waals surface area contributed by atoms with Gasteiger partial charge in [0.15, 0.2) is 0 Å². The molecule has 2 aromatic carbocycles. The Bertz CT molecular complexity index is 1360. The van der Waals surface area contributed by atoms with Crippen molar-refractivity contribution in [2.24, 2.45) is 0 Å². The maximum absolute atomic E-state index is 13.0. The number of carboxylic acids is 1. The average Bonchev–Trinajstić information content (AvgIpc) is 3.15. The zero-order valence-corrected chi connectivity index (χ0v) is 17.0. The first-order chi connectivity index (χ1) is 14.5. The van der Waals surface area contributed by atoms with Gasteiger partial charge in [0.25, 0.3) is 5.56 Å². The van der Waals surface area contributed by atoms with E-state index in [1.807, 2.05) is 30.3 Å². The van der Waals surface area contributed by atoms with Crippen LogP contribution in [0.1, 0.15) is 15.2 Å². The molecule has 152 valence electrons. The second-order valence-electron chi connectivity index (χ2n) is 6.43. The third kappa shape index (κ3) is 3.74. The van der Waals surface area contributed by atoms with Crippen LogP contribution in [0, 0.1) is 0 Å². The highest BCUT2D eigenvalue weighted by Gasteiger charge is 2.20. The topological polar surface area (TPSA) is 101 Å². The third-order valence-corrected chi connectivity index (χ3v) is 5.80. The molecule has 2 N–H and O–H groups in total. The van der Waals surface area contributed by atoms with Gasteiger partial charge in [-0.2, -0.15) is 0 Å². The van der Waals surface area contributed by atoms with Gasteiger partial charge in [-0.05, 0) is 17.7 Å². The highest BCUT2D eigenvalue weighted by atomic mass is 35.5. The number of aromatic nitrogens is 2. The van der Waals surface area contributed by atoms with Crippen LogP contribution < -0.4 is 16.0 Å². The van der Waals surface area contributed by atoms with Gasteiger partial charge in [-0.1, -0.05) is 41.9 Å². The van der Waals surface area contributed by atoms with Crippen LogP contribution in [0.15, 0.2) is 63.5 Å². The fraction of sp³-hybridized carbons (Fsp3) is 0.0952. The van der Waals surface area contributed by atoms with Gasteiger partial charge < -0.3 is 14.8 Å². The number of thiophene rings is 1. The molecule has 0 aliphatic heterocycles. The molecular weight excluding hydrogens is 428 g/mol. The lowest BCUT2D eigenvalue weighted by molar-refractivity contribution is 0.0704. The summed E-state index contributed by atoms with van der Waals surface area (Å²) in [6.45, 7) is 0.392. The summed E-state index contributed by atoms with van der Waals surface area (Å²) in [5.41, 5.74) is -0.0654. The number of nitrogens with zero attached hydrogens (tertiary/aromatic N) is 1. The predicted molar refractivity (Wildman–Crippen MR) is 116 cm³/mol. The Hall–Kier alpha value is -3.36. The van der Waals surface area contributed by atoms with Crippen molar-refractivity contribution in [3.63, 3.8) is 0 Å². The smallest absolute Gasteiger partial charge is 0.346 e. The molecule has 0 spiro atoms. The van der Waals surface area contributed by atoms with Crippen molar-refractivity contribution in [1.82, 2.24) is 9.55 Å². The van der Waals surface area contributed by atoms with Gasteiger partial charge in [0, 0.05) is 17.9 Å². The first-order valence-corrected chi connectivity index (χ1v) is 10.2. The lowest BCUT2D eigenvalue weighted by Crippen LogP contribution is -2.34. The number of nitrogens with one attached hydrogen (secondary N) is 1. The quantitative estimate of drug-likeness (QED) is 0.474. The number of halogens is 1. The molecule has 0 unspecified atom stereocenters. The SMILES string of the molecule is O=C(O)c1scc2[nH]c(=O)n(-c3cc(OCCc4ccccc4)ccc3Cl)c(=O)c12. The summed E-state index contributed by atoms with van der Waals surface area (Å²) in [6, 6.07) is 14.5. The molecule has 30 heavy (non-hydrogen) atoms. The third-order valence-electron chi connectivity index (χ3n) is 4.51. The molecule has 2 aromatic heterocycles. The van der Waals surface area contributed by atoms with Crippen molar-refractivity contribution in [2.75, 3.05) is 6.61 Å². The van der Waals surface area contributed by atoms with Crippen molar-refractivity contribution in [3.8, 4) is 11.4 Å². The van der Waals surface area contributed by atoms with Crippen LogP contribution in [0.5, 0.6) is 5.75 Å². The van der Waals surface area contributed by atoms with E-state index in [1.54, 1.807) is 6.07 Å². The number of aromatic amines is 1. The lowest BCUT2D eigenvalue weighted by Gasteiger charge is -2.11. The lowest BCUT2D eigenvalue weighted by atomic mass is 10.2. The Kier molecular flexibility index (Phi) is 5.43. The van der Waals surface area contributed by atoms with E-state index in [9.17, 15) is 19.5 Å². The largest absolute Gasteiger partial charge is 0.493 e. The van der Waals surface area contributed by atoms with Gasteiger partial charge in [-0.3, -0.25) is 4.79 Å². The Balaban J connectivity index is 1.72. The minimum absolute atomic E-state index is 0.0708. The van der Waals surface area contributed by atoms with E-state index >= 15 is 0 Å². The van der Waals surface area contributed by atoms with Crippen LogP contribution in [-0.2, 0) is 6.42 Å². The van der Waals surface area contributed by atoms with E-state index in [0.717, 1.165) is 21.5 Å². The molecular formula is C21H15ClN2O5S. The fourth-order valence-corrected chi connectivity index (χ4v) is 4.13. The maximum atomic E-state index is 13.0. The van der Waals surface area contributed by atoms with Crippen molar-refractivity contribution < 1.29 is 14.6 Å². The number of rotatable bonds is 6. The summed E-state index contributed by atoms with van der Waals surface area (Å²) in [5.74, 6) is -0.810. The number of hydrogen-bond donors (Lipinski definition) is 2. The summed E-state index contributed by atoms with van der Waals surface area (Å²) in [4.78, 5) is 39.4. The fourth-order valence-electron chi connectivity index (χ4n) is 3.10. The van der Waals surface area contributed by atoms with Gasteiger partial charge in [-0.15, -0.1) is 11.3 Å². The molecule has 0 aliphatic rings. The van der Waals surface area contributed by atoms with Crippen LogP contribution >= 0.6 is 22.9 Å². The van der Waals surface area contributed by atoms with Crippen LogP contribution in [0.2, 0.25) is 5.02 Å². The molecule has 9 heteroatoms. The molecule has 4 aromatic rings. The van der Waals surface area contributed by atoms with E-state index in [4.69, 9.17) is 16.3 Å². The highest BCUT2D eigenvalue weighted by molar-refractivity contribution is 7.13. The summed E-state index contributed by atoms with van der Waals surface area (Å²) in [6.07, 6.45) is 0.683. The molecule has 2 heterocycles. The Morgan fingerprint density at radius 3 is 2.67 bits per heavy atom. The minimum atomic E-state index is -1.24. The van der Waals surface area contributed by atoms with Gasteiger partial charge in [0.1, 0.15) is 10.6 Å². The van der Waals surface area contributed by atoms with E-state index in [-0.39, 0.29) is 26.5 Å². The number of ether oxygens (including phenoxy) is 1. The number of fused-ring (bicyclic) bond motifs is 1. The summed E-state index contributed by atoms with van der Waals surface area (Å²) >= 11 is 7.12. The van der Waals surface area contributed by atoms with E-state index in [2.05, 4.69) is 4.98 Å². The summed E-state index contributed by atoms with van der Waals surface area (Å²) in [7, 11) is 0. The number of aromatic carboxylic acids is 1. The molecule has 4 rings (SSSR count). The number of hydrogen-bond acceptors (Lipinski definition) is 5. The molecule has 0 saturated carbocycles. The molecule has 0 radical (unpaired) electrons. The van der Waals surface area contributed by atoms with Crippen molar-refractivity contribution in [2.45, 2.75) is 6.42 Å². The molecule has 0 atom stereocenters. The standard InChI is InChI=1S/C21H15ClN2O5S/c22-14-7-6-13(29-9-8-12-4-2-1-3-5-12)10-16(14)24-19(25)17-15(23-21(24)28)11-30-18(17)20(26)27/h1-7,10-11H,8-9H2,(H,23,28)(H,26,27). The highest BCUT2D eigenvalue weighted by Crippen LogP contribution is 2.26. The first-order valence-electron chi connectivity index (χ1n) is 8.92. The van der Waals surface area contributed by atoms with Crippen LogP contribution in [0.4, 0.5) is 0 Å². The number of carboxylic acid groups (broad SMARTS) is 1. The number of carbonyl (C=O) groups is 1.